The lowest BCUT2D eigenvalue weighted by atomic mass is 9.99. The van der Waals surface area contributed by atoms with Crippen molar-refractivity contribution in [3.8, 4) is 16.8 Å². The molecule has 1 aliphatic heterocycles. The molecule has 34 heavy (non-hydrogen) atoms. The number of thiophene rings is 1. The first-order valence-corrected chi connectivity index (χ1v) is 11.8. The summed E-state index contributed by atoms with van der Waals surface area (Å²) in [6, 6.07) is 7.40. The first-order chi connectivity index (χ1) is 16.3. The van der Waals surface area contributed by atoms with Gasteiger partial charge in [-0.25, -0.2) is 4.98 Å². The Bertz CT molecular complexity index is 1510. The Balaban J connectivity index is 1.77. The molecule has 0 unspecified atom stereocenters. The summed E-state index contributed by atoms with van der Waals surface area (Å²) in [7, 11) is 1.93. The maximum absolute atomic E-state index is 6.18. The Morgan fingerprint density at radius 3 is 2.65 bits per heavy atom. The van der Waals surface area contributed by atoms with E-state index in [0.717, 1.165) is 49.6 Å². The third-order valence-electron chi connectivity index (χ3n) is 5.69. The Labute approximate surface area is 206 Å². The third-order valence-corrected chi connectivity index (χ3v) is 7.14. The van der Waals surface area contributed by atoms with Crippen LogP contribution in [0.3, 0.4) is 0 Å². The van der Waals surface area contributed by atoms with Crippen molar-refractivity contribution >= 4 is 28.6 Å². The van der Waals surface area contributed by atoms with Crippen LogP contribution in [0.2, 0.25) is 5.02 Å². The van der Waals surface area contributed by atoms with Gasteiger partial charge < -0.3 is 10.3 Å². The summed E-state index contributed by atoms with van der Waals surface area (Å²) in [6.45, 7) is 7.93. The molecule has 1 atom stereocenters. The van der Waals surface area contributed by atoms with Crippen molar-refractivity contribution in [2.24, 2.45) is 17.8 Å². The average molecular weight is 488 g/mol. The van der Waals surface area contributed by atoms with Crippen LogP contribution < -0.4 is 5.73 Å². The van der Waals surface area contributed by atoms with Gasteiger partial charge in [-0.15, -0.1) is 21.5 Å². The second kappa shape index (κ2) is 8.60. The molecule has 0 saturated carbocycles. The van der Waals surface area contributed by atoms with Gasteiger partial charge in [-0.05, 0) is 43.4 Å². The fourth-order valence-electron chi connectivity index (χ4n) is 3.99. The van der Waals surface area contributed by atoms with Crippen LogP contribution in [0.15, 0.2) is 54.1 Å². The quantitative estimate of drug-likeness (QED) is 0.431. The van der Waals surface area contributed by atoms with Gasteiger partial charge in [0.15, 0.2) is 5.82 Å². The number of hydrogen-bond acceptors (Lipinski definition) is 6. The number of hydrogen-bond donors (Lipinski definition) is 1. The molecular weight excluding hydrogens is 466 g/mol. The Hall–Kier alpha value is -3.67. The Morgan fingerprint density at radius 1 is 1.21 bits per heavy atom. The second-order valence-corrected chi connectivity index (χ2v) is 9.62. The lowest BCUT2D eigenvalue weighted by Gasteiger charge is -2.12. The van der Waals surface area contributed by atoms with E-state index in [-0.39, 0.29) is 6.04 Å². The van der Waals surface area contributed by atoms with Gasteiger partial charge in [-0.2, -0.15) is 0 Å². The van der Waals surface area contributed by atoms with Crippen LogP contribution >= 0.6 is 22.9 Å². The number of benzene rings is 1. The molecule has 0 radical (unpaired) electrons. The normalized spacial score (nSPS) is 14.5. The summed E-state index contributed by atoms with van der Waals surface area (Å²) >= 11 is 7.79. The molecular formula is C25H22ClN7S. The smallest absolute Gasteiger partial charge is 0.163 e. The summed E-state index contributed by atoms with van der Waals surface area (Å²) in [6.07, 6.45) is 3.97. The van der Waals surface area contributed by atoms with E-state index >= 15 is 0 Å². The van der Waals surface area contributed by atoms with Gasteiger partial charge in [0.05, 0.1) is 23.1 Å². The zero-order valence-corrected chi connectivity index (χ0v) is 20.6. The summed E-state index contributed by atoms with van der Waals surface area (Å²) in [5.74, 6) is 8.10. The van der Waals surface area contributed by atoms with Crippen LogP contribution in [-0.4, -0.2) is 30.0 Å². The first kappa shape index (κ1) is 22.1. The van der Waals surface area contributed by atoms with Gasteiger partial charge in [-0.1, -0.05) is 30.3 Å². The van der Waals surface area contributed by atoms with Gasteiger partial charge >= 0.3 is 0 Å². The van der Waals surface area contributed by atoms with Crippen molar-refractivity contribution in [1.29, 1.82) is 0 Å². The van der Waals surface area contributed by atoms with E-state index in [0.29, 0.717) is 17.1 Å². The number of aryl methyl sites for hydroxylation is 2. The maximum Gasteiger partial charge on any atom is 0.163 e. The topological polar surface area (TPSA) is 86.9 Å². The molecule has 0 aliphatic carbocycles. The average Bonchev–Trinajstić information content (AvgIpc) is 3.45. The van der Waals surface area contributed by atoms with E-state index in [9.17, 15) is 0 Å². The number of nitrogens with two attached hydrogens (primary N) is 1. The standard InChI is InChI=1S/C25H22ClN7S/c1-14(27)11-20-24-31-30-16(3)33(24)25-22(23(29-20)17-5-7-18(26)8-6-17)15(2)21(34-25)10-9-19-12-28-13-32(19)4/h5-8,12-13,20H,1,11,27H2,2-4H3/t20-/m0/s1. The van der Waals surface area contributed by atoms with Crippen molar-refractivity contribution in [1.82, 2.24) is 24.3 Å². The van der Waals surface area contributed by atoms with Gasteiger partial charge in [0.2, 0.25) is 0 Å². The van der Waals surface area contributed by atoms with Crippen molar-refractivity contribution in [3.05, 3.63) is 93.0 Å². The highest BCUT2D eigenvalue weighted by Gasteiger charge is 2.31. The van der Waals surface area contributed by atoms with E-state index in [1.165, 1.54) is 0 Å². The molecule has 0 bridgehead atoms. The predicted molar refractivity (Wildman–Crippen MR) is 136 cm³/mol. The van der Waals surface area contributed by atoms with Gasteiger partial charge in [0.1, 0.15) is 22.6 Å². The highest BCUT2D eigenvalue weighted by molar-refractivity contribution is 7.15. The fraction of sp³-hybridized carbons (Fsp3) is 0.200. The zero-order chi connectivity index (χ0) is 24.0. The Kier molecular flexibility index (Phi) is 5.60. The van der Waals surface area contributed by atoms with Gasteiger partial charge in [0.25, 0.3) is 0 Å². The monoisotopic (exact) mass is 487 g/mol. The molecule has 2 N–H and O–H groups in total. The molecule has 0 fully saturated rings. The van der Waals surface area contributed by atoms with Crippen LogP contribution in [-0.2, 0) is 7.05 Å². The molecule has 4 heterocycles. The minimum absolute atomic E-state index is 0.313. The van der Waals surface area contributed by atoms with Crippen molar-refractivity contribution in [2.75, 3.05) is 0 Å². The molecule has 0 amide bonds. The molecule has 7 nitrogen and oxygen atoms in total. The molecule has 4 aromatic rings. The highest BCUT2D eigenvalue weighted by atomic mass is 35.5. The second-order valence-electron chi connectivity index (χ2n) is 8.18. The van der Waals surface area contributed by atoms with Gasteiger partial charge in [0, 0.05) is 35.3 Å². The lowest BCUT2D eigenvalue weighted by Crippen LogP contribution is -2.09. The van der Waals surface area contributed by atoms with Crippen molar-refractivity contribution in [2.45, 2.75) is 26.3 Å². The molecule has 1 aromatic carbocycles. The largest absolute Gasteiger partial charge is 0.402 e. The van der Waals surface area contributed by atoms with Crippen LogP contribution in [0.5, 0.6) is 0 Å². The summed E-state index contributed by atoms with van der Waals surface area (Å²) in [5, 5.41) is 10.5. The number of aliphatic imine (C=N–C) groups is 1. The van der Waals surface area contributed by atoms with E-state index in [2.05, 4.69) is 45.1 Å². The number of nitrogens with zero attached hydrogens (tertiary/aromatic N) is 6. The number of fused-ring (bicyclic) bond motifs is 3. The minimum Gasteiger partial charge on any atom is -0.402 e. The number of rotatable bonds is 3. The van der Waals surface area contributed by atoms with Gasteiger partial charge in [-0.3, -0.25) is 9.56 Å². The summed E-state index contributed by atoms with van der Waals surface area (Å²) < 4.78 is 3.97. The fourth-order valence-corrected chi connectivity index (χ4v) is 5.33. The van der Waals surface area contributed by atoms with Crippen LogP contribution in [0.1, 0.15) is 51.4 Å². The molecule has 3 aromatic heterocycles. The molecule has 170 valence electrons. The first-order valence-electron chi connectivity index (χ1n) is 10.6. The molecule has 0 spiro atoms. The highest BCUT2D eigenvalue weighted by Crippen LogP contribution is 2.40. The number of aromatic nitrogens is 5. The van der Waals surface area contributed by atoms with E-state index < -0.39 is 0 Å². The molecule has 9 heteroatoms. The summed E-state index contributed by atoms with van der Waals surface area (Å²) in [4.78, 5) is 10.3. The van der Waals surface area contributed by atoms with Crippen molar-refractivity contribution < 1.29 is 0 Å². The van der Waals surface area contributed by atoms with E-state index in [4.69, 9.17) is 22.3 Å². The summed E-state index contributed by atoms with van der Waals surface area (Å²) in [5.41, 5.74) is 11.3. The minimum atomic E-state index is -0.313. The number of imidazole rings is 1. The van der Waals surface area contributed by atoms with Crippen LogP contribution in [0.25, 0.3) is 5.00 Å². The molecule has 1 aliphatic rings. The maximum atomic E-state index is 6.18. The Morgan fingerprint density at radius 2 is 1.97 bits per heavy atom. The van der Waals surface area contributed by atoms with E-state index in [1.807, 2.05) is 42.8 Å². The molecule has 0 saturated heterocycles. The predicted octanol–water partition coefficient (Wildman–Crippen LogP) is 4.49. The third kappa shape index (κ3) is 3.83. The van der Waals surface area contributed by atoms with Crippen LogP contribution in [0.4, 0.5) is 0 Å². The lowest BCUT2D eigenvalue weighted by molar-refractivity contribution is 0.651. The van der Waals surface area contributed by atoms with Crippen molar-refractivity contribution in [3.63, 3.8) is 0 Å². The molecule has 5 rings (SSSR count). The van der Waals surface area contributed by atoms with E-state index in [1.54, 1.807) is 23.9 Å². The zero-order valence-electron chi connectivity index (χ0n) is 19.0. The van der Waals surface area contributed by atoms with Crippen LogP contribution in [0, 0.1) is 25.7 Å². The number of halogens is 1. The SMILES string of the molecule is C=C(N)C[C@@H]1N=C(c2ccc(Cl)cc2)c2c(sc(C#Cc3cncn3C)c2C)-n2c(C)nnc21.